The molecule has 0 aliphatic carbocycles. The van der Waals surface area contributed by atoms with Gasteiger partial charge < -0.3 is 20.1 Å². The fourth-order valence-electron chi connectivity index (χ4n) is 3.28. The predicted octanol–water partition coefficient (Wildman–Crippen LogP) is 1.12. The zero-order chi connectivity index (χ0) is 18.7. The number of carbonyl (C=O) groups is 3. The quantitative estimate of drug-likeness (QED) is 0.770. The summed E-state index contributed by atoms with van der Waals surface area (Å²) < 4.78 is 5.12. The fraction of sp³-hybridized carbons (Fsp3) is 0.500. The Bertz CT molecular complexity index is 700. The molecule has 1 aromatic carbocycles. The molecule has 0 spiro atoms. The van der Waals surface area contributed by atoms with Gasteiger partial charge in [0.2, 0.25) is 11.8 Å². The first-order valence-corrected chi connectivity index (χ1v) is 9.63. The second kappa shape index (κ2) is 7.57. The van der Waals surface area contributed by atoms with Crippen molar-refractivity contribution in [2.75, 3.05) is 25.2 Å². The van der Waals surface area contributed by atoms with E-state index in [4.69, 9.17) is 4.74 Å². The normalized spacial score (nSPS) is 25.3. The van der Waals surface area contributed by atoms with Crippen molar-refractivity contribution in [3.63, 3.8) is 0 Å². The molecular weight excluding hydrogens is 356 g/mol. The molecule has 2 amide bonds. The lowest BCUT2D eigenvalue weighted by atomic mass is 9.97. The molecule has 2 aliphatic rings. The maximum absolute atomic E-state index is 12.6. The van der Waals surface area contributed by atoms with Crippen LogP contribution in [0.4, 0.5) is 0 Å². The van der Waals surface area contributed by atoms with Gasteiger partial charge in [0.05, 0.1) is 13.0 Å². The van der Waals surface area contributed by atoms with E-state index in [0.29, 0.717) is 31.0 Å². The summed E-state index contributed by atoms with van der Waals surface area (Å²) in [7, 11) is 1.59. The number of aliphatic carboxylic acids is 1. The number of ether oxygens (including phenoxy) is 1. The minimum absolute atomic E-state index is 0.0915. The van der Waals surface area contributed by atoms with Crippen LogP contribution in [0.25, 0.3) is 0 Å². The Hall–Kier alpha value is -2.22. The number of benzene rings is 1. The molecule has 26 heavy (non-hydrogen) atoms. The number of carboxylic acid groups (broad SMARTS) is 1. The number of nitrogens with one attached hydrogen (secondary N) is 1. The van der Waals surface area contributed by atoms with Gasteiger partial charge in [0, 0.05) is 25.3 Å². The highest BCUT2D eigenvalue weighted by Crippen LogP contribution is 2.30. The predicted molar refractivity (Wildman–Crippen MR) is 97.0 cm³/mol. The highest BCUT2D eigenvalue weighted by molar-refractivity contribution is 7.99. The van der Waals surface area contributed by atoms with E-state index < -0.39 is 17.4 Å². The van der Waals surface area contributed by atoms with Crippen LogP contribution in [0.5, 0.6) is 5.75 Å². The van der Waals surface area contributed by atoms with Crippen molar-refractivity contribution in [3.05, 3.63) is 29.8 Å². The summed E-state index contributed by atoms with van der Waals surface area (Å²) in [6, 6.07) is 7.42. The van der Waals surface area contributed by atoms with E-state index >= 15 is 0 Å². The van der Waals surface area contributed by atoms with Gasteiger partial charge in [-0.05, 0) is 29.9 Å². The molecular formula is C18H22N2O5S. The van der Waals surface area contributed by atoms with Gasteiger partial charge >= 0.3 is 5.97 Å². The van der Waals surface area contributed by atoms with Crippen molar-refractivity contribution in [2.45, 2.75) is 24.9 Å². The third-order valence-electron chi connectivity index (χ3n) is 4.91. The van der Waals surface area contributed by atoms with Crippen LogP contribution in [0, 0.1) is 5.92 Å². The largest absolute Gasteiger partial charge is 0.497 e. The molecule has 7 nitrogen and oxygen atoms in total. The van der Waals surface area contributed by atoms with Gasteiger partial charge in [0.25, 0.3) is 0 Å². The zero-order valence-corrected chi connectivity index (χ0v) is 15.4. The van der Waals surface area contributed by atoms with Crippen LogP contribution in [0.15, 0.2) is 24.3 Å². The van der Waals surface area contributed by atoms with Crippen LogP contribution in [0.1, 0.15) is 18.4 Å². The summed E-state index contributed by atoms with van der Waals surface area (Å²) in [6.45, 7) is 0.728. The average Bonchev–Trinajstić information content (AvgIpc) is 3.24. The number of hydrogen-bond donors (Lipinski definition) is 2. The second-order valence-corrected chi connectivity index (χ2v) is 7.81. The van der Waals surface area contributed by atoms with E-state index in [1.165, 1.54) is 11.8 Å². The lowest BCUT2D eigenvalue weighted by Gasteiger charge is -2.26. The van der Waals surface area contributed by atoms with Gasteiger partial charge in [0.1, 0.15) is 11.3 Å². The molecule has 0 aromatic heterocycles. The van der Waals surface area contributed by atoms with Gasteiger partial charge in [-0.25, -0.2) is 4.79 Å². The van der Waals surface area contributed by atoms with Crippen molar-refractivity contribution in [2.24, 2.45) is 5.92 Å². The van der Waals surface area contributed by atoms with E-state index in [9.17, 15) is 19.5 Å². The molecule has 140 valence electrons. The Morgan fingerprint density at radius 3 is 2.69 bits per heavy atom. The van der Waals surface area contributed by atoms with Crippen LogP contribution in [0.3, 0.4) is 0 Å². The lowest BCUT2D eigenvalue weighted by molar-refractivity contribution is -0.147. The lowest BCUT2D eigenvalue weighted by Crippen LogP contribution is -2.56. The molecule has 2 heterocycles. The Morgan fingerprint density at radius 1 is 1.38 bits per heavy atom. The first kappa shape index (κ1) is 18.6. The van der Waals surface area contributed by atoms with Gasteiger partial charge in [-0.15, -0.1) is 0 Å². The van der Waals surface area contributed by atoms with Crippen LogP contribution < -0.4 is 10.1 Å². The van der Waals surface area contributed by atoms with E-state index in [2.05, 4.69) is 5.32 Å². The monoisotopic (exact) mass is 378 g/mol. The molecule has 2 atom stereocenters. The van der Waals surface area contributed by atoms with Crippen molar-refractivity contribution < 1.29 is 24.2 Å². The highest BCUT2D eigenvalue weighted by Gasteiger charge is 2.45. The Labute approximate surface area is 156 Å². The molecule has 2 N–H and O–H groups in total. The molecule has 2 fully saturated rings. The SMILES string of the molecule is COc1ccc(CN2CC(C(=O)NC3(C(=O)O)CCSC3)CC2=O)cc1. The van der Waals surface area contributed by atoms with Crippen molar-refractivity contribution in [3.8, 4) is 5.75 Å². The first-order chi connectivity index (χ1) is 12.4. The number of amides is 2. The highest BCUT2D eigenvalue weighted by atomic mass is 32.2. The molecule has 2 unspecified atom stereocenters. The average molecular weight is 378 g/mol. The number of carboxylic acids is 1. The third-order valence-corrected chi connectivity index (χ3v) is 6.10. The van der Waals surface area contributed by atoms with Crippen LogP contribution >= 0.6 is 11.8 Å². The third kappa shape index (κ3) is 3.80. The van der Waals surface area contributed by atoms with Crippen LogP contribution in [-0.4, -0.2) is 58.5 Å². The number of hydrogen-bond acceptors (Lipinski definition) is 5. The second-order valence-electron chi connectivity index (χ2n) is 6.70. The zero-order valence-electron chi connectivity index (χ0n) is 14.6. The van der Waals surface area contributed by atoms with E-state index in [1.54, 1.807) is 12.0 Å². The van der Waals surface area contributed by atoms with E-state index in [1.807, 2.05) is 24.3 Å². The number of thioether (sulfide) groups is 1. The van der Waals surface area contributed by atoms with Gasteiger partial charge in [0.15, 0.2) is 0 Å². The Balaban J connectivity index is 1.61. The summed E-state index contributed by atoms with van der Waals surface area (Å²) in [4.78, 5) is 38.0. The number of rotatable bonds is 6. The van der Waals surface area contributed by atoms with E-state index in [-0.39, 0.29) is 18.2 Å². The van der Waals surface area contributed by atoms with Gasteiger partial charge in [-0.1, -0.05) is 12.1 Å². The maximum Gasteiger partial charge on any atom is 0.330 e. The summed E-state index contributed by atoms with van der Waals surface area (Å²) in [5.41, 5.74) is -0.247. The molecule has 0 bridgehead atoms. The first-order valence-electron chi connectivity index (χ1n) is 8.47. The minimum Gasteiger partial charge on any atom is -0.497 e. The van der Waals surface area contributed by atoms with E-state index in [0.717, 1.165) is 11.3 Å². The van der Waals surface area contributed by atoms with Crippen LogP contribution in [0.2, 0.25) is 0 Å². The van der Waals surface area contributed by atoms with Crippen molar-refractivity contribution in [1.29, 1.82) is 0 Å². The molecule has 0 radical (unpaired) electrons. The Morgan fingerprint density at radius 2 is 2.12 bits per heavy atom. The summed E-state index contributed by atoms with van der Waals surface area (Å²) in [5.74, 6) is -0.138. The minimum atomic E-state index is -1.20. The molecule has 0 saturated carbocycles. The van der Waals surface area contributed by atoms with Crippen molar-refractivity contribution in [1.82, 2.24) is 10.2 Å². The summed E-state index contributed by atoms with van der Waals surface area (Å²) in [5, 5.41) is 12.2. The molecule has 1 aromatic rings. The molecule has 3 rings (SSSR count). The fourth-order valence-corrected chi connectivity index (χ4v) is 4.60. The topological polar surface area (TPSA) is 95.9 Å². The molecule has 8 heteroatoms. The number of methoxy groups -OCH3 is 1. The maximum atomic E-state index is 12.6. The van der Waals surface area contributed by atoms with Gasteiger partial charge in [-0.2, -0.15) is 11.8 Å². The summed E-state index contributed by atoms with van der Waals surface area (Å²) >= 11 is 1.52. The molecule has 2 aliphatic heterocycles. The van der Waals surface area contributed by atoms with Gasteiger partial charge in [-0.3, -0.25) is 9.59 Å². The standard InChI is InChI=1S/C18H22N2O5S/c1-25-14-4-2-12(3-5-14)9-20-10-13(8-15(20)21)16(22)19-18(17(23)24)6-7-26-11-18/h2-5,13H,6-11H2,1H3,(H,19,22)(H,23,24). The number of nitrogens with zero attached hydrogens (tertiary/aromatic N) is 1. The molecule has 2 saturated heterocycles. The number of likely N-dealkylation sites (tertiary alicyclic amines) is 1. The van der Waals surface area contributed by atoms with Crippen LogP contribution in [-0.2, 0) is 20.9 Å². The Kier molecular flexibility index (Phi) is 5.41. The number of carbonyl (C=O) groups excluding carboxylic acids is 2. The smallest absolute Gasteiger partial charge is 0.330 e. The van der Waals surface area contributed by atoms with Crippen molar-refractivity contribution >= 4 is 29.5 Å². The summed E-state index contributed by atoms with van der Waals surface area (Å²) in [6.07, 6.45) is 0.528.